The minimum atomic E-state index is 0.850. The Kier molecular flexibility index (Phi) is 7.08. The van der Waals surface area contributed by atoms with Gasteiger partial charge in [-0.15, -0.1) is 0 Å². The van der Waals surface area contributed by atoms with E-state index in [2.05, 4.69) is 19.2 Å². The van der Waals surface area contributed by atoms with E-state index in [0.29, 0.717) is 0 Å². The number of nitrogens with one attached hydrogen (secondary N) is 1. The zero-order valence-electron chi connectivity index (χ0n) is 10.7. The molecule has 0 saturated carbocycles. The average molecular weight is 211 g/mol. The molecule has 0 bridgehead atoms. The zero-order valence-corrected chi connectivity index (χ0v) is 10.7. The van der Waals surface area contributed by atoms with Crippen LogP contribution in [-0.2, 0) is 0 Å². The highest BCUT2D eigenvalue weighted by Gasteiger charge is 2.22. The standard InChI is InChI=1S/C14H29N/c1-3-5-7-9-13-11-14(15-12-13)10-8-6-4-2/h13-15H,3-12H2,1-2H3. The fraction of sp³-hybridized carbons (Fsp3) is 1.00. The van der Waals surface area contributed by atoms with Crippen molar-refractivity contribution in [2.24, 2.45) is 5.92 Å². The molecule has 15 heavy (non-hydrogen) atoms. The minimum Gasteiger partial charge on any atom is -0.314 e. The lowest BCUT2D eigenvalue weighted by Gasteiger charge is -2.10. The summed E-state index contributed by atoms with van der Waals surface area (Å²) in [7, 11) is 0. The van der Waals surface area contributed by atoms with Crippen LogP contribution in [0.3, 0.4) is 0 Å². The first kappa shape index (κ1) is 13.0. The largest absolute Gasteiger partial charge is 0.314 e. The highest BCUT2D eigenvalue weighted by Crippen LogP contribution is 2.23. The fourth-order valence-electron chi connectivity index (χ4n) is 2.67. The maximum atomic E-state index is 3.69. The molecule has 1 rings (SSSR count). The smallest absolute Gasteiger partial charge is 0.00702 e. The molecule has 1 aliphatic heterocycles. The predicted molar refractivity (Wildman–Crippen MR) is 68.2 cm³/mol. The Bertz CT molecular complexity index is 128. The van der Waals surface area contributed by atoms with E-state index in [-0.39, 0.29) is 0 Å². The van der Waals surface area contributed by atoms with Crippen LogP contribution in [0.2, 0.25) is 0 Å². The Balaban J connectivity index is 1.99. The number of rotatable bonds is 8. The van der Waals surface area contributed by atoms with Crippen molar-refractivity contribution in [3.63, 3.8) is 0 Å². The topological polar surface area (TPSA) is 12.0 Å². The van der Waals surface area contributed by atoms with Gasteiger partial charge >= 0.3 is 0 Å². The van der Waals surface area contributed by atoms with Crippen LogP contribution in [0.5, 0.6) is 0 Å². The number of hydrogen-bond acceptors (Lipinski definition) is 1. The predicted octanol–water partition coefficient (Wildman–Crippen LogP) is 4.13. The molecule has 0 aromatic carbocycles. The SMILES string of the molecule is CCCCCC1CNC(CCCCC)C1. The second kappa shape index (κ2) is 8.15. The van der Waals surface area contributed by atoms with Gasteiger partial charge in [0.15, 0.2) is 0 Å². The summed E-state index contributed by atoms with van der Waals surface area (Å²) in [6.07, 6.45) is 12.8. The van der Waals surface area contributed by atoms with Crippen LogP contribution in [0.15, 0.2) is 0 Å². The monoisotopic (exact) mass is 211 g/mol. The Morgan fingerprint density at radius 2 is 1.60 bits per heavy atom. The molecule has 1 aliphatic rings. The van der Waals surface area contributed by atoms with Crippen LogP contribution < -0.4 is 5.32 Å². The van der Waals surface area contributed by atoms with Crippen LogP contribution in [-0.4, -0.2) is 12.6 Å². The number of unbranched alkanes of at least 4 members (excludes halogenated alkanes) is 4. The van der Waals surface area contributed by atoms with Crippen LogP contribution in [0.1, 0.15) is 71.6 Å². The third-order valence-corrected chi connectivity index (χ3v) is 3.69. The third kappa shape index (κ3) is 5.55. The van der Waals surface area contributed by atoms with Crippen molar-refractivity contribution in [2.75, 3.05) is 6.54 Å². The molecule has 0 aliphatic carbocycles. The lowest BCUT2D eigenvalue weighted by atomic mass is 9.96. The second-order valence-corrected chi connectivity index (χ2v) is 5.20. The maximum absolute atomic E-state index is 3.69. The molecule has 0 radical (unpaired) electrons. The summed E-state index contributed by atoms with van der Waals surface area (Å²) in [5, 5.41) is 3.69. The van der Waals surface area contributed by atoms with Gasteiger partial charge in [-0.25, -0.2) is 0 Å². The van der Waals surface area contributed by atoms with Crippen LogP contribution in [0, 0.1) is 5.92 Å². The molecule has 1 nitrogen and oxygen atoms in total. The van der Waals surface area contributed by atoms with Crippen LogP contribution >= 0.6 is 0 Å². The summed E-state index contributed by atoms with van der Waals surface area (Å²) in [6.45, 7) is 5.87. The molecule has 1 saturated heterocycles. The summed E-state index contributed by atoms with van der Waals surface area (Å²) < 4.78 is 0. The lowest BCUT2D eigenvalue weighted by molar-refractivity contribution is 0.467. The van der Waals surface area contributed by atoms with E-state index in [9.17, 15) is 0 Å². The van der Waals surface area contributed by atoms with Gasteiger partial charge in [0.05, 0.1) is 0 Å². The summed E-state index contributed by atoms with van der Waals surface area (Å²) in [5.74, 6) is 0.989. The molecule has 0 spiro atoms. The molecule has 0 aromatic rings. The molecule has 2 atom stereocenters. The Labute approximate surface area is 96.0 Å². The molecular weight excluding hydrogens is 182 g/mol. The average Bonchev–Trinajstić information content (AvgIpc) is 2.67. The molecular formula is C14H29N. The third-order valence-electron chi connectivity index (χ3n) is 3.69. The maximum Gasteiger partial charge on any atom is 0.00702 e. The van der Waals surface area contributed by atoms with Crippen molar-refractivity contribution in [1.82, 2.24) is 5.32 Å². The van der Waals surface area contributed by atoms with E-state index >= 15 is 0 Å². The summed E-state index contributed by atoms with van der Waals surface area (Å²) >= 11 is 0. The highest BCUT2D eigenvalue weighted by atomic mass is 14.9. The van der Waals surface area contributed by atoms with Crippen molar-refractivity contribution in [3.05, 3.63) is 0 Å². The van der Waals surface area contributed by atoms with E-state index in [1.54, 1.807) is 0 Å². The molecule has 1 heterocycles. The van der Waals surface area contributed by atoms with E-state index in [4.69, 9.17) is 0 Å². The van der Waals surface area contributed by atoms with E-state index in [1.165, 1.54) is 64.3 Å². The van der Waals surface area contributed by atoms with E-state index in [0.717, 1.165) is 12.0 Å². The molecule has 1 N–H and O–H groups in total. The normalized spacial score (nSPS) is 26.0. The first-order chi connectivity index (χ1) is 7.36. The van der Waals surface area contributed by atoms with Gasteiger partial charge in [-0.3, -0.25) is 0 Å². The second-order valence-electron chi connectivity index (χ2n) is 5.20. The van der Waals surface area contributed by atoms with Gasteiger partial charge in [-0.1, -0.05) is 52.4 Å². The van der Waals surface area contributed by atoms with Gasteiger partial charge in [0.2, 0.25) is 0 Å². The van der Waals surface area contributed by atoms with Gasteiger partial charge < -0.3 is 5.32 Å². The van der Waals surface area contributed by atoms with Gasteiger partial charge in [0.25, 0.3) is 0 Å². The summed E-state index contributed by atoms with van der Waals surface area (Å²) in [4.78, 5) is 0. The summed E-state index contributed by atoms with van der Waals surface area (Å²) in [5.41, 5.74) is 0. The Morgan fingerprint density at radius 3 is 2.27 bits per heavy atom. The van der Waals surface area contributed by atoms with E-state index < -0.39 is 0 Å². The number of hydrogen-bond donors (Lipinski definition) is 1. The molecule has 0 amide bonds. The van der Waals surface area contributed by atoms with Gasteiger partial charge in [0, 0.05) is 6.04 Å². The Hall–Kier alpha value is -0.0400. The fourth-order valence-corrected chi connectivity index (χ4v) is 2.67. The van der Waals surface area contributed by atoms with Crippen molar-refractivity contribution in [1.29, 1.82) is 0 Å². The van der Waals surface area contributed by atoms with Crippen molar-refractivity contribution in [2.45, 2.75) is 77.7 Å². The molecule has 90 valence electrons. The van der Waals surface area contributed by atoms with Crippen molar-refractivity contribution in [3.8, 4) is 0 Å². The van der Waals surface area contributed by atoms with Gasteiger partial charge in [-0.2, -0.15) is 0 Å². The van der Waals surface area contributed by atoms with E-state index in [1.807, 2.05) is 0 Å². The summed E-state index contributed by atoms with van der Waals surface area (Å²) in [6, 6.07) is 0.850. The minimum absolute atomic E-state index is 0.850. The van der Waals surface area contributed by atoms with Gasteiger partial charge in [-0.05, 0) is 31.7 Å². The first-order valence-electron chi connectivity index (χ1n) is 7.10. The first-order valence-corrected chi connectivity index (χ1v) is 7.10. The van der Waals surface area contributed by atoms with Crippen molar-refractivity contribution >= 4 is 0 Å². The Morgan fingerprint density at radius 1 is 0.933 bits per heavy atom. The lowest BCUT2D eigenvalue weighted by Crippen LogP contribution is -2.20. The quantitative estimate of drug-likeness (QED) is 0.595. The highest BCUT2D eigenvalue weighted by molar-refractivity contribution is 4.81. The van der Waals surface area contributed by atoms with Crippen molar-refractivity contribution < 1.29 is 0 Å². The molecule has 1 fully saturated rings. The van der Waals surface area contributed by atoms with Crippen LogP contribution in [0.4, 0.5) is 0 Å². The van der Waals surface area contributed by atoms with Gasteiger partial charge in [0.1, 0.15) is 0 Å². The zero-order chi connectivity index (χ0) is 10.9. The molecule has 2 unspecified atom stereocenters. The molecule has 1 heteroatoms. The molecule has 0 aromatic heterocycles. The van der Waals surface area contributed by atoms with Crippen LogP contribution in [0.25, 0.3) is 0 Å².